The van der Waals surface area contributed by atoms with Gasteiger partial charge in [-0.15, -0.1) is 11.3 Å². The van der Waals surface area contributed by atoms with Crippen LogP contribution in [0.5, 0.6) is 0 Å². The van der Waals surface area contributed by atoms with E-state index in [1.54, 1.807) is 19.9 Å². The molecule has 0 aliphatic rings. The topological polar surface area (TPSA) is 76.0 Å². The fourth-order valence-corrected chi connectivity index (χ4v) is 3.70. The van der Waals surface area contributed by atoms with Crippen LogP contribution in [0.1, 0.15) is 34.8 Å². The van der Waals surface area contributed by atoms with Crippen LogP contribution in [0.4, 0.5) is 0 Å². The highest BCUT2D eigenvalue weighted by atomic mass is 35.5. The summed E-state index contributed by atoms with van der Waals surface area (Å²) in [6, 6.07) is 9.40. The van der Waals surface area contributed by atoms with E-state index in [-0.39, 0.29) is 17.7 Å². The maximum Gasteiger partial charge on any atom is 0.279 e. The fraction of sp³-hybridized carbons (Fsp3) is 0.278. The van der Waals surface area contributed by atoms with E-state index in [2.05, 4.69) is 16.0 Å². The van der Waals surface area contributed by atoms with Crippen LogP contribution >= 0.6 is 22.9 Å². The number of carbonyl (C=O) groups excluding carboxylic acids is 2. The Hall–Kier alpha value is -2.38. The van der Waals surface area contributed by atoms with Gasteiger partial charge in [-0.2, -0.15) is 5.10 Å². The summed E-state index contributed by atoms with van der Waals surface area (Å²) in [5.41, 5.74) is 6.67. The summed E-state index contributed by atoms with van der Waals surface area (Å²) in [6.45, 7) is 5.94. The molecule has 0 bridgehead atoms. The van der Waals surface area contributed by atoms with E-state index in [0.717, 1.165) is 21.5 Å². The van der Waals surface area contributed by atoms with Gasteiger partial charge < -0.3 is 0 Å². The normalized spacial score (nSPS) is 11.1. The van der Waals surface area contributed by atoms with Crippen LogP contribution in [0.25, 0.3) is 10.2 Å². The molecule has 136 valence electrons. The molecule has 2 aromatic heterocycles. The van der Waals surface area contributed by atoms with Crippen LogP contribution in [-0.4, -0.2) is 21.6 Å². The van der Waals surface area contributed by atoms with E-state index in [1.165, 1.54) is 11.3 Å². The maximum absolute atomic E-state index is 12.3. The Kier molecular flexibility index (Phi) is 5.29. The molecule has 3 aromatic rings. The fourth-order valence-electron chi connectivity index (χ4n) is 2.44. The number of amides is 2. The highest BCUT2D eigenvalue weighted by Gasteiger charge is 2.17. The third kappa shape index (κ3) is 3.73. The molecule has 0 aliphatic heterocycles. The largest absolute Gasteiger partial charge is 0.279 e. The second-order valence-electron chi connectivity index (χ2n) is 6.26. The Bertz CT molecular complexity index is 977. The average molecular weight is 391 g/mol. The first-order valence-electron chi connectivity index (χ1n) is 8.17. The number of hydrogen-bond donors (Lipinski definition) is 2. The van der Waals surface area contributed by atoms with Crippen LogP contribution in [0.3, 0.4) is 0 Å². The number of thiophene rings is 1. The van der Waals surface area contributed by atoms with Gasteiger partial charge in [0.25, 0.3) is 5.91 Å². The summed E-state index contributed by atoms with van der Waals surface area (Å²) < 4.78 is 1.85. The molecule has 2 N–H and O–H groups in total. The van der Waals surface area contributed by atoms with Crippen molar-refractivity contribution in [3.63, 3.8) is 0 Å². The SMILES string of the molecule is Cc1nn(Cc2ccccc2Cl)c2sc(C(=O)NNC(=O)C(C)C)cc12. The number of aryl methyl sites for hydroxylation is 1. The monoisotopic (exact) mass is 390 g/mol. The molecule has 0 atom stereocenters. The molecule has 6 nitrogen and oxygen atoms in total. The minimum absolute atomic E-state index is 0.205. The molecule has 2 heterocycles. The van der Waals surface area contributed by atoms with Gasteiger partial charge in [-0.25, -0.2) is 0 Å². The van der Waals surface area contributed by atoms with Gasteiger partial charge in [0.05, 0.1) is 17.1 Å². The van der Waals surface area contributed by atoms with Crippen molar-refractivity contribution in [2.75, 3.05) is 0 Å². The number of benzene rings is 1. The van der Waals surface area contributed by atoms with Crippen LogP contribution in [0.2, 0.25) is 5.02 Å². The molecular weight excluding hydrogens is 372 g/mol. The zero-order valence-electron chi connectivity index (χ0n) is 14.7. The van der Waals surface area contributed by atoms with Crippen molar-refractivity contribution in [1.29, 1.82) is 0 Å². The number of aromatic nitrogens is 2. The number of fused-ring (bicyclic) bond motifs is 1. The Morgan fingerprint density at radius 3 is 2.69 bits per heavy atom. The molecule has 0 unspecified atom stereocenters. The van der Waals surface area contributed by atoms with E-state index in [4.69, 9.17) is 11.6 Å². The predicted molar refractivity (Wildman–Crippen MR) is 103 cm³/mol. The minimum Gasteiger partial charge on any atom is -0.273 e. The summed E-state index contributed by atoms with van der Waals surface area (Å²) in [5, 5.41) is 6.15. The van der Waals surface area contributed by atoms with Crippen LogP contribution < -0.4 is 10.9 Å². The third-order valence-electron chi connectivity index (χ3n) is 3.93. The van der Waals surface area contributed by atoms with Gasteiger partial charge in [0.1, 0.15) is 4.83 Å². The van der Waals surface area contributed by atoms with E-state index in [9.17, 15) is 9.59 Å². The second kappa shape index (κ2) is 7.47. The van der Waals surface area contributed by atoms with Gasteiger partial charge in [0.2, 0.25) is 5.91 Å². The predicted octanol–water partition coefficient (Wildman–Crippen LogP) is 3.52. The van der Waals surface area contributed by atoms with Crippen molar-refractivity contribution in [1.82, 2.24) is 20.6 Å². The molecule has 0 radical (unpaired) electrons. The number of hydrogen-bond acceptors (Lipinski definition) is 4. The van der Waals surface area contributed by atoms with Crippen molar-refractivity contribution >= 4 is 45.0 Å². The Balaban J connectivity index is 1.84. The van der Waals surface area contributed by atoms with Gasteiger partial charge >= 0.3 is 0 Å². The maximum atomic E-state index is 12.3. The molecule has 0 spiro atoms. The van der Waals surface area contributed by atoms with Crippen LogP contribution in [0.15, 0.2) is 30.3 Å². The first kappa shape index (κ1) is 18.4. The van der Waals surface area contributed by atoms with Crippen molar-refractivity contribution in [2.24, 2.45) is 5.92 Å². The molecule has 1 aromatic carbocycles. The number of carbonyl (C=O) groups is 2. The molecular formula is C18H19ClN4O2S. The summed E-state index contributed by atoms with van der Waals surface area (Å²) in [6.07, 6.45) is 0. The van der Waals surface area contributed by atoms with Gasteiger partial charge in [-0.1, -0.05) is 43.6 Å². The summed E-state index contributed by atoms with van der Waals surface area (Å²) in [7, 11) is 0. The first-order valence-corrected chi connectivity index (χ1v) is 9.37. The number of nitrogens with zero attached hydrogens (tertiary/aromatic N) is 2. The summed E-state index contributed by atoms with van der Waals surface area (Å²) >= 11 is 7.57. The minimum atomic E-state index is -0.344. The van der Waals surface area contributed by atoms with E-state index in [0.29, 0.717) is 16.4 Å². The zero-order chi connectivity index (χ0) is 18.8. The van der Waals surface area contributed by atoms with E-state index in [1.807, 2.05) is 35.9 Å². The lowest BCUT2D eigenvalue weighted by molar-refractivity contribution is -0.124. The number of hydrazine groups is 1. The van der Waals surface area contributed by atoms with Gasteiger partial charge in [-0.05, 0) is 24.6 Å². The van der Waals surface area contributed by atoms with Gasteiger partial charge in [-0.3, -0.25) is 25.1 Å². The Morgan fingerprint density at radius 2 is 2.00 bits per heavy atom. The molecule has 3 rings (SSSR count). The summed E-state index contributed by atoms with van der Waals surface area (Å²) in [5.74, 6) is -0.784. The number of nitrogens with one attached hydrogen (secondary N) is 2. The highest BCUT2D eigenvalue weighted by molar-refractivity contribution is 7.20. The van der Waals surface area contributed by atoms with Gasteiger partial charge in [0, 0.05) is 16.3 Å². The third-order valence-corrected chi connectivity index (χ3v) is 5.45. The quantitative estimate of drug-likeness (QED) is 0.669. The average Bonchev–Trinajstić information content (AvgIpc) is 3.16. The lowest BCUT2D eigenvalue weighted by Crippen LogP contribution is -2.43. The molecule has 0 aliphatic carbocycles. The molecule has 0 saturated carbocycles. The van der Waals surface area contributed by atoms with Crippen molar-refractivity contribution in [2.45, 2.75) is 27.3 Å². The van der Waals surface area contributed by atoms with Crippen LogP contribution in [0, 0.1) is 12.8 Å². The lowest BCUT2D eigenvalue weighted by atomic mass is 10.2. The standard InChI is InChI=1S/C18H19ClN4O2S/c1-10(2)16(24)20-21-17(25)15-8-13-11(3)22-23(18(13)26-15)9-12-6-4-5-7-14(12)19/h4-8,10H,9H2,1-3H3,(H,20,24)(H,21,25). The Labute approximate surface area is 160 Å². The van der Waals surface area contributed by atoms with E-state index >= 15 is 0 Å². The van der Waals surface area contributed by atoms with Crippen LogP contribution in [-0.2, 0) is 11.3 Å². The zero-order valence-corrected chi connectivity index (χ0v) is 16.2. The number of halogens is 1. The molecule has 26 heavy (non-hydrogen) atoms. The first-order chi connectivity index (χ1) is 12.4. The second-order valence-corrected chi connectivity index (χ2v) is 7.70. The van der Waals surface area contributed by atoms with Crippen molar-refractivity contribution in [3.8, 4) is 0 Å². The molecule has 8 heteroatoms. The van der Waals surface area contributed by atoms with Crippen molar-refractivity contribution in [3.05, 3.63) is 51.5 Å². The lowest BCUT2D eigenvalue weighted by Gasteiger charge is -2.08. The van der Waals surface area contributed by atoms with Crippen molar-refractivity contribution < 1.29 is 9.59 Å². The smallest absolute Gasteiger partial charge is 0.273 e. The molecule has 0 saturated heterocycles. The molecule has 0 fully saturated rings. The highest BCUT2D eigenvalue weighted by Crippen LogP contribution is 2.29. The Morgan fingerprint density at radius 1 is 1.27 bits per heavy atom. The number of rotatable bonds is 4. The molecule has 2 amide bonds. The summed E-state index contributed by atoms with van der Waals surface area (Å²) in [4.78, 5) is 25.3. The van der Waals surface area contributed by atoms with Gasteiger partial charge in [0.15, 0.2) is 0 Å². The van der Waals surface area contributed by atoms with E-state index < -0.39 is 0 Å².